The van der Waals surface area contributed by atoms with Crippen LogP contribution in [0, 0.1) is 13.8 Å². The molecule has 3 aromatic rings. The van der Waals surface area contributed by atoms with E-state index >= 15 is 0 Å². The van der Waals surface area contributed by atoms with E-state index in [1.54, 1.807) is 22.4 Å². The van der Waals surface area contributed by atoms with E-state index in [0.717, 1.165) is 15.7 Å². The Morgan fingerprint density at radius 3 is 2.84 bits per heavy atom. The second-order valence-corrected chi connectivity index (χ2v) is 11.9. The van der Waals surface area contributed by atoms with E-state index in [1.807, 2.05) is 40.4 Å². The van der Waals surface area contributed by atoms with Crippen LogP contribution in [-0.2, 0) is 21.2 Å². The van der Waals surface area contributed by atoms with Crippen LogP contribution in [0.1, 0.15) is 22.4 Å². The number of imidazole rings is 1. The lowest BCUT2D eigenvalue weighted by Gasteiger charge is -2.28. The van der Waals surface area contributed by atoms with Crippen LogP contribution in [0.3, 0.4) is 0 Å². The Labute approximate surface area is 191 Å². The molecule has 1 aliphatic rings. The summed E-state index contributed by atoms with van der Waals surface area (Å²) in [6, 6.07) is 9.80. The Bertz CT molecular complexity index is 1170. The van der Waals surface area contributed by atoms with Crippen molar-refractivity contribution >= 4 is 38.8 Å². The Morgan fingerprint density at radius 2 is 2.13 bits per heavy atom. The summed E-state index contributed by atoms with van der Waals surface area (Å²) in [7, 11) is -3.08. The highest BCUT2D eigenvalue weighted by atomic mass is 32.2. The molecule has 1 fully saturated rings. The molecular weight excluding hydrogens is 450 g/mol. The van der Waals surface area contributed by atoms with Crippen LogP contribution in [0.15, 0.2) is 53.3 Å². The summed E-state index contributed by atoms with van der Waals surface area (Å²) in [5.74, 6) is 0.349. The Morgan fingerprint density at radius 1 is 1.29 bits per heavy atom. The van der Waals surface area contributed by atoms with Gasteiger partial charge in [0, 0.05) is 23.3 Å². The maximum absolute atomic E-state index is 13.2. The highest BCUT2D eigenvalue weighted by Crippen LogP contribution is 2.27. The predicted molar refractivity (Wildman–Crippen MR) is 126 cm³/mol. The van der Waals surface area contributed by atoms with Gasteiger partial charge in [-0.3, -0.25) is 9.36 Å². The fourth-order valence-electron chi connectivity index (χ4n) is 3.80. The number of amides is 1. The van der Waals surface area contributed by atoms with Crippen LogP contribution in [0.4, 0.5) is 0 Å². The molecule has 3 heterocycles. The number of thioether (sulfide) groups is 1. The van der Waals surface area contributed by atoms with Gasteiger partial charge in [0.25, 0.3) is 0 Å². The first-order chi connectivity index (χ1) is 14.8. The third kappa shape index (κ3) is 5.05. The fourth-order valence-corrected chi connectivity index (χ4v) is 7.08. The summed E-state index contributed by atoms with van der Waals surface area (Å²) in [5.41, 5.74) is 3.41. The van der Waals surface area contributed by atoms with Gasteiger partial charge < -0.3 is 4.90 Å². The van der Waals surface area contributed by atoms with Crippen molar-refractivity contribution in [3.8, 4) is 5.69 Å². The number of hydrogen-bond acceptors (Lipinski definition) is 6. The van der Waals surface area contributed by atoms with Gasteiger partial charge in [-0.2, -0.15) is 0 Å². The molecule has 0 bridgehead atoms. The number of aryl methyl sites for hydroxylation is 1. The molecule has 9 heteroatoms. The van der Waals surface area contributed by atoms with Crippen molar-refractivity contribution in [2.24, 2.45) is 0 Å². The maximum Gasteiger partial charge on any atom is 0.233 e. The second kappa shape index (κ2) is 9.18. The molecule has 2 aromatic heterocycles. The lowest BCUT2D eigenvalue weighted by molar-refractivity contribution is -0.130. The highest BCUT2D eigenvalue weighted by molar-refractivity contribution is 7.99. The Balaban J connectivity index is 1.51. The molecule has 0 aliphatic carbocycles. The second-order valence-electron chi connectivity index (χ2n) is 7.75. The predicted octanol–water partition coefficient (Wildman–Crippen LogP) is 3.86. The molecule has 0 saturated carbocycles. The smallest absolute Gasteiger partial charge is 0.233 e. The van der Waals surface area contributed by atoms with Crippen LogP contribution in [0.5, 0.6) is 0 Å². The number of hydrogen-bond donors (Lipinski definition) is 0. The molecule has 1 unspecified atom stereocenters. The van der Waals surface area contributed by atoms with Gasteiger partial charge in [-0.05, 0) is 48.9 Å². The number of rotatable bonds is 7. The minimum absolute atomic E-state index is 0.0475. The minimum Gasteiger partial charge on any atom is -0.333 e. The first-order valence-electron chi connectivity index (χ1n) is 10.1. The van der Waals surface area contributed by atoms with Crippen molar-refractivity contribution in [1.29, 1.82) is 0 Å². The van der Waals surface area contributed by atoms with E-state index in [4.69, 9.17) is 0 Å². The molecule has 1 atom stereocenters. The molecule has 4 rings (SSSR count). The molecule has 1 amide bonds. The largest absolute Gasteiger partial charge is 0.333 e. The monoisotopic (exact) mass is 475 g/mol. The molecule has 1 aliphatic heterocycles. The van der Waals surface area contributed by atoms with E-state index in [9.17, 15) is 13.2 Å². The number of sulfone groups is 1. The molecule has 0 radical (unpaired) electrons. The van der Waals surface area contributed by atoms with Gasteiger partial charge in [-0.1, -0.05) is 30.0 Å². The number of nitrogens with zero attached hydrogens (tertiary/aromatic N) is 3. The molecule has 1 saturated heterocycles. The summed E-state index contributed by atoms with van der Waals surface area (Å²) < 4.78 is 26.0. The lowest BCUT2D eigenvalue weighted by atomic mass is 10.1. The van der Waals surface area contributed by atoms with Gasteiger partial charge >= 0.3 is 0 Å². The average molecular weight is 476 g/mol. The summed E-state index contributed by atoms with van der Waals surface area (Å²) in [6.45, 7) is 4.60. The standard InChI is InChI=1S/C22H25N3O3S3/c1-16-5-3-7-20(17(16)2)24-10-9-23-22(24)30-14-21(26)25(13-19-6-4-11-29-19)18-8-12-31(27,28)15-18/h3-7,9-11,18H,8,12-15H2,1-2H3. The molecule has 0 N–H and O–H groups in total. The van der Waals surface area contributed by atoms with E-state index in [-0.39, 0.29) is 29.2 Å². The third-order valence-electron chi connectivity index (χ3n) is 5.64. The average Bonchev–Trinajstić information content (AvgIpc) is 3.47. The van der Waals surface area contributed by atoms with Crippen molar-refractivity contribution in [3.63, 3.8) is 0 Å². The van der Waals surface area contributed by atoms with Crippen LogP contribution >= 0.6 is 23.1 Å². The number of carbonyl (C=O) groups is 1. The molecule has 1 aromatic carbocycles. The van der Waals surface area contributed by atoms with E-state index in [2.05, 4.69) is 24.9 Å². The zero-order valence-corrected chi connectivity index (χ0v) is 20.0. The molecule has 0 spiro atoms. The Hall–Kier alpha value is -2.10. The summed E-state index contributed by atoms with van der Waals surface area (Å²) in [6.07, 6.45) is 4.14. The summed E-state index contributed by atoms with van der Waals surface area (Å²) >= 11 is 2.96. The van der Waals surface area contributed by atoms with Gasteiger partial charge in [0.1, 0.15) is 0 Å². The topological polar surface area (TPSA) is 72.3 Å². The molecule has 31 heavy (non-hydrogen) atoms. The number of aromatic nitrogens is 2. The van der Waals surface area contributed by atoms with Crippen LogP contribution in [0.2, 0.25) is 0 Å². The number of thiophene rings is 1. The Kier molecular flexibility index (Phi) is 6.55. The highest BCUT2D eigenvalue weighted by Gasteiger charge is 2.34. The quantitative estimate of drug-likeness (QED) is 0.485. The van der Waals surface area contributed by atoms with Crippen LogP contribution < -0.4 is 0 Å². The summed E-state index contributed by atoms with van der Waals surface area (Å²) in [4.78, 5) is 20.5. The fraction of sp³-hybridized carbons (Fsp3) is 0.364. The van der Waals surface area contributed by atoms with Crippen molar-refractivity contribution in [2.45, 2.75) is 38.0 Å². The maximum atomic E-state index is 13.2. The van der Waals surface area contributed by atoms with E-state index < -0.39 is 9.84 Å². The van der Waals surface area contributed by atoms with Gasteiger partial charge in [0.2, 0.25) is 5.91 Å². The van der Waals surface area contributed by atoms with E-state index in [1.165, 1.54) is 22.9 Å². The van der Waals surface area contributed by atoms with E-state index in [0.29, 0.717) is 13.0 Å². The third-order valence-corrected chi connectivity index (χ3v) is 9.21. The number of benzene rings is 1. The lowest BCUT2D eigenvalue weighted by Crippen LogP contribution is -2.41. The first kappa shape index (κ1) is 22.1. The zero-order valence-electron chi connectivity index (χ0n) is 17.5. The van der Waals surface area contributed by atoms with Crippen molar-refractivity contribution in [3.05, 3.63) is 64.1 Å². The van der Waals surface area contributed by atoms with Gasteiger partial charge in [0.05, 0.1) is 29.5 Å². The van der Waals surface area contributed by atoms with Gasteiger partial charge in [-0.25, -0.2) is 13.4 Å². The van der Waals surface area contributed by atoms with Crippen molar-refractivity contribution in [2.75, 3.05) is 17.3 Å². The first-order valence-corrected chi connectivity index (χ1v) is 13.8. The van der Waals surface area contributed by atoms with Crippen LogP contribution in [0.25, 0.3) is 5.69 Å². The van der Waals surface area contributed by atoms with Gasteiger partial charge in [-0.15, -0.1) is 11.3 Å². The van der Waals surface area contributed by atoms with Crippen molar-refractivity contribution < 1.29 is 13.2 Å². The number of carbonyl (C=O) groups excluding carboxylic acids is 1. The summed E-state index contributed by atoms with van der Waals surface area (Å²) in [5, 5.41) is 2.72. The molecule has 6 nitrogen and oxygen atoms in total. The molecular formula is C22H25N3O3S3. The van der Waals surface area contributed by atoms with Crippen LogP contribution in [-0.4, -0.2) is 52.1 Å². The zero-order chi connectivity index (χ0) is 22.0. The van der Waals surface area contributed by atoms with Gasteiger partial charge in [0.15, 0.2) is 15.0 Å². The van der Waals surface area contributed by atoms with Crippen molar-refractivity contribution in [1.82, 2.24) is 14.5 Å². The normalized spacial score (nSPS) is 17.7. The minimum atomic E-state index is -3.08. The molecule has 164 valence electrons. The SMILES string of the molecule is Cc1cccc(-n2ccnc2SCC(=O)N(Cc2cccs2)C2CCS(=O)(=O)C2)c1C.